The molecule has 0 bridgehead atoms. The standard InChI is InChI=1S/C6H12O5S.Na.H/c1-2-3-10-4-6(7)5-11-12(8)9;;/h2,6-7H,1,3-5H2,(H,8,9);;/q;+1;-1/p-1. The van der Waals surface area contributed by atoms with E-state index in [2.05, 4.69) is 10.8 Å². The Bertz CT molecular complexity index is 159. The summed E-state index contributed by atoms with van der Waals surface area (Å²) in [6.07, 6.45) is 0.599. The van der Waals surface area contributed by atoms with Crippen molar-refractivity contribution < 1.29 is 53.8 Å². The first-order valence-corrected chi connectivity index (χ1v) is 4.26. The van der Waals surface area contributed by atoms with E-state index in [0.29, 0.717) is 6.61 Å². The Morgan fingerprint density at radius 3 is 2.77 bits per heavy atom. The third-order valence-corrected chi connectivity index (χ3v) is 1.23. The predicted molar refractivity (Wildman–Crippen MR) is 43.0 cm³/mol. The third kappa shape index (κ3) is 12.7. The summed E-state index contributed by atoms with van der Waals surface area (Å²) in [7, 11) is 0. The second kappa shape index (κ2) is 10.8. The van der Waals surface area contributed by atoms with Gasteiger partial charge in [-0.15, -0.1) is 6.58 Å². The number of aliphatic hydroxyl groups is 1. The van der Waals surface area contributed by atoms with E-state index in [-0.39, 0.29) is 44.2 Å². The van der Waals surface area contributed by atoms with Gasteiger partial charge in [-0.3, -0.25) is 4.18 Å². The number of hydrogen-bond donors (Lipinski definition) is 1. The van der Waals surface area contributed by atoms with E-state index in [9.17, 15) is 8.76 Å². The van der Waals surface area contributed by atoms with Gasteiger partial charge in [0.1, 0.15) is 6.10 Å². The largest absolute Gasteiger partial charge is 1.00 e. The van der Waals surface area contributed by atoms with Crippen molar-refractivity contribution in [3.63, 3.8) is 0 Å². The van der Waals surface area contributed by atoms with Crippen molar-refractivity contribution >= 4 is 11.4 Å². The molecule has 74 valence electrons. The quantitative estimate of drug-likeness (QED) is 0.208. The third-order valence-electron chi connectivity index (χ3n) is 0.903. The molecule has 0 radical (unpaired) electrons. The Hall–Kier alpha value is 0.730. The van der Waals surface area contributed by atoms with Gasteiger partial charge in [0, 0.05) is 0 Å². The molecule has 0 saturated carbocycles. The van der Waals surface area contributed by atoms with Crippen molar-refractivity contribution in [1.29, 1.82) is 0 Å². The summed E-state index contributed by atoms with van der Waals surface area (Å²) >= 11 is -2.58. The van der Waals surface area contributed by atoms with E-state index in [1.54, 1.807) is 0 Å². The number of aliphatic hydroxyl groups excluding tert-OH is 1. The Kier molecular flexibility index (Phi) is 13.4. The maximum Gasteiger partial charge on any atom is 1.00 e. The average Bonchev–Trinajstić information content (AvgIpc) is 2.01. The van der Waals surface area contributed by atoms with E-state index in [4.69, 9.17) is 9.84 Å². The molecule has 0 spiro atoms. The van der Waals surface area contributed by atoms with Crippen molar-refractivity contribution in [1.82, 2.24) is 0 Å². The summed E-state index contributed by atoms with van der Waals surface area (Å²) in [6, 6.07) is 0. The molecule has 0 aromatic carbocycles. The van der Waals surface area contributed by atoms with Crippen LogP contribution in [0.15, 0.2) is 12.7 Å². The summed E-state index contributed by atoms with van der Waals surface area (Å²) in [5.41, 5.74) is 0. The molecule has 5 nitrogen and oxygen atoms in total. The Labute approximate surface area is 103 Å². The molecule has 13 heavy (non-hydrogen) atoms. The molecule has 2 unspecified atom stereocenters. The molecule has 0 heterocycles. The molecule has 0 aliphatic carbocycles. The molecule has 0 aromatic rings. The minimum Gasteiger partial charge on any atom is -1.00 e. The van der Waals surface area contributed by atoms with Crippen LogP contribution in [-0.2, 0) is 20.3 Å². The molecule has 1 N–H and O–H groups in total. The molecule has 0 rings (SSSR count). The monoisotopic (exact) mass is 219 g/mol. The first kappa shape index (κ1) is 16.2. The molecule has 2 atom stereocenters. The Balaban J connectivity index is -0.000000605. The average molecular weight is 219 g/mol. The van der Waals surface area contributed by atoms with E-state index in [1.165, 1.54) is 6.08 Å². The van der Waals surface area contributed by atoms with Crippen molar-refractivity contribution in [3.05, 3.63) is 12.7 Å². The topological polar surface area (TPSA) is 78.8 Å². The van der Waals surface area contributed by atoms with Crippen molar-refractivity contribution in [3.8, 4) is 0 Å². The maximum atomic E-state index is 9.84. The summed E-state index contributed by atoms with van der Waals surface area (Å²) in [6.45, 7) is 3.46. The Morgan fingerprint density at radius 2 is 2.31 bits per heavy atom. The van der Waals surface area contributed by atoms with E-state index in [1.807, 2.05) is 0 Å². The molecule has 0 aromatic heterocycles. The van der Waals surface area contributed by atoms with E-state index < -0.39 is 17.5 Å². The van der Waals surface area contributed by atoms with Crippen molar-refractivity contribution in [2.24, 2.45) is 0 Å². The zero-order valence-electron chi connectivity index (χ0n) is 8.47. The zero-order chi connectivity index (χ0) is 9.40. The number of ether oxygens (including phenoxy) is 1. The molecular weight excluding hydrogens is 207 g/mol. The fourth-order valence-electron chi connectivity index (χ4n) is 0.470. The van der Waals surface area contributed by atoms with Crippen LogP contribution < -0.4 is 29.6 Å². The first-order valence-electron chi connectivity index (χ1n) is 3.26. The van der Waals surface area contributed by atoms with Gasteiger partial charge < -0.3 is 15.8 Å². The molecule has 0 saturated heterocycles. The Morgan fingerprint density at radius 1 is 1.69 bits per heavy atom. The van der Waals surface area contributed by atoms with Crippen LogP contribution in [0.4, 0.5) is 0 Å². The molecule has 0 aliphatic heterocycles. The van der Waals surface area contributed by atoms with Crippen LogP contribution in [0.5, 0.6) is 0 Å². The van der Waals surface area contributed by atoms with Crippen LogP contribution in [0.2, 0.25) is 0 Å². The van der Waals surface area contributed by atoms with Crippen LogP contribution in [0.1, 0.15) is 1.43 Å². The second-order valence-corrected chi connectivity index (χ2v) is 2.61. The SMILES string of the molecule is C=CCOCC(O)COS(=O)[O-].[H-].[Na+]. The molecule has 7 heteroatoms. The molecule has 0 aliphatic rings. The van der Waals surface area contributed by atoms with Gasteiger partial charge in [-0.05, 0) is 0 Å². The first-order chi connectivity index (χ1) is 5.66. The van der Waals surface area contributed by atoms with Crippen LogP contribution in [-0.4, -0.2) is 39.8 Å². The summed E-state index contributed by atoms with van der Waals surface area (Å²) < 4.78 is 28.6. The van der Waals surface area contributed by atoms with Crippen LogP contribution in [0.25, 0.3) is 0 Å². The van der Waals surface area contributed by atoms with Gasteiger partial charge in [-0.1, -0.05) is 6.08 Å². The van der Waals surface area contributed by atoms with Gasteiger partial charge in [0.05, 0.1) is 31.2 Å². The van der Waals surface area contributed by atoms with Crippen molar-refractivity contribution in [2.75, 3.05) is 19.8 Å². The normalized spacial score (nSPS) is 14.3. The van der Waals surface area contributed by atoms with Gasteiger partial charge >= 0.3 is 29.6 Å². The number of hydrogen-bond acceptors (Lipinski definition) is 5. The minimum absolute atomic E-state index is 0. The van der Waals surface area contributed by atoms with Crippen LogP contribution in [0.3, 0.4) is 0 Å². The second-order valence-electron chi connectivity index (χ2n) is 1.97. The van der Waals surface area contributed by atoms with Crippen LogP contribution >= 0.6 is 0 Å². The van der Waals surface area contributed by atoms with Gasteiger partial charge in [0.25, 0.3) is 0 Å². The van der Waals surface area contributed by atoms with Gasteiger partial charge in [-0.25, -0.2) is 4.21 Å². The van der Waals surface area contributed by atoms with E-state index >= 15 is 0 Å². The van der Waals surface area contributed by atoms with Gasteiger partial charge in [0.2, 0.25) is 0 Å². The summed E-state index contributed by atoms with van der Waals surface area (Å²) in [5, 5.41) is 8.97. The zero-order valence-corrected chi connectivity index (χ0v) is 10.3. The fraction of sp³-hybridized carbons (Fsp3) is 0.667. The maximum absolute atomic E-state index is 9.84. The smallest absolute Gasteiger partial charge is 1.00 e. The van der Waals surface area contributed by atoms with Crippen LogP contribution in [0, 0.1) is 0 Å². The minimum atomic E-state index is -2.58. The van der Waals surface area contributed by atoms with E-state index in [0.717, 1.165) is 0 Å². The van der Waals surface area contributed by atoms with Gasteiger partial charge in [-0.2, -0.15) is 0 Å². The number of rotatable bonds is 7. The molecular formula is C6H12NaO5S-. The fourth-order valence-corrected chi connectivity index (χ4v) is 0.738. The van der Waals surface area contributed by atoms with Crippen molar-refractivity contribution in [2.45, 2.75) is 6.10 Å². The predicted octanol–water partition coefficient (Wildman–Crippen LogP) is -3.52. The summed E-state index contributed by atoms with van der Waals surface area (Å²) in [4.78, 5) is 0. The van der Waals surface area contributed by atoms with Gasteiger partial charge in [0.15, 0.2) is 0 Å². The summed E-state index contributed by atoms with van der Waals surface area (Å²) in [5.74, 6) is 0. The molecule has 0 amide bonds. The molecule has 0 fully saturated rings.